The molecule has 0 aromatic heterocycles. The zero-order chi connectivity index (χ0) is 39.8. The lowest BCUT2D eigenvalue weighted by molar-refractivity contribution is -0.342. The van der Waals surface area contributed by atoms with Crippen molar-refractivity contribution in [1.82, 2.24) is 0 Å². The number of carbonyl (C=O) groups is 1. The van der Waals surface area contributed by atoms with Gasteiger partial charge in [0.15, 0.2) is 12.6 Å². The number of fused-ring (bicyclic) bond motifs is 5. The van der Waals surface area contributed by atoms with Gasteiger partial charge in [0.2, 0.25) is 0 Å². The minimum atomic E-state index is -1.62. The lowest BCUT2D eigenvalue weighted by Gasteiger charge is -2.70. The third-order valence-corrected chi connectivity index (χ3v) is 15.9. The smallest absolute Gasteiger partial charge is 0.186 e. The normalized spacial score (nSPS) is 50.0. The molecule has 1 unspecified atom stereocenters. The van der Waals surface area contributed by atoms with Gasteiger partial charge in [-0.15, -0.1) is 0 Å². The molecule has 0 bridgehead atoms. The van der Waals surface area contributed by atoms with Crippen molar-refractivity contribution in [3.8, 4) is 0 Å². The van der Waals surface area contributed by atoms with Crippen molar-refractivity contribution in [3.63, 3.8) is 0 Å². The highest BCUT2D eigenvalue weighted by Crippen LogP contribution is 2.75. The fourth-order valence-electron chi connectivity index (χ4n) is 12.8. The Balaban J connectivity index is 1.17. The van der Waals surface area contributed by atoms with E-state index in [1.807, 2.05) is 20.8 Å². The maximum Gasteiger partial charge on any atom is 0.186 e. The van der Waals surface area contributed by atoms with Crippen LogP contribution in [0.1, 0.15) is 106 Å². The second-order valence-corrected chi connectivity index (χ2v) is 19.4. The van der Waals surface area contributed by atoms with Gasteiger partial charge in [-0.1, -0.05) is 39.3 Å². The number of allylic oxidation sites excluding steroid dienone is 2. The Hall–Kier alpha value is -1.07. The molecular formula is C41H68O13. The van der Waals surface area contributed by atoms with Crippen LogP contribution in [0.15, 0.2) is 11.6 Å². The molecule has 0 aromatic carbocycles. The first-order chi connectivity index (χ1) is 25.2. The van der Waals surface area contributed by atoms with Crippen LogP contribution >= 0.6 is 0 Å². The molecule has 54 heavy (non-hydrogen) atoms. The minimum Gasteiger partial charge on any atom is -0.396 e. The number of carbonyl (C=O) groups excluding carboxylic acids is 1. The maximum atomic E-state index is 14.0. The topological polar surface area (TPSA) is 216 Å². The molecule has 0 radical (unpaired) electrons. The summed E-state index contributed by atoms with van der Waals surface area (Å²) >= 11 is 0. The van der Waals surface area contributed by atoms with Crippen molar-refractivity contribution in [2.24, 2.45) is 45.3 Å². The first-order valence-corrected chi connectivity index (χ1v) is 20.3. The zero-order valence-electron chi connectivity index (χ0n) is 33.3. The maximum absolute atomic E-state index is 14.0. The summed E-state index contributed by atoms with van der Waals surface area (Å²) < 4.78 is 23.5. The predicted molar refractivity (Wildman–Crippen MR) is 195 cm³/mol. The zero-order valence-corrected chi connectivity index (χ0v) is 33.3. The average Bonchev–Trinajstić information content (AvgIpc) is 3.39. The highest BCUT2D eigenvalue weighted by atomic mass is 16.7. The quantitative estimate of drug-likeness (QED) is 0.118. The van der Waals surface area contributed by atoms with Crippen molar-refractivity contribution >= 4 is 5.78 Å². The Bertz CT molecular complexity index is 1380. The third kappa shape index (κ3) is 6.87. The van der Waals surface area contributed by atoms with Crippen LogP contribution < -0.4 is 0 Å². The summed E-state index contributed by atoms with van der Waals surface area (Å²) in [7, 11) is 0. The van der Waals surface area contributed by atoms with Crippen LogP contribution in [0.3, 0.4) is 0 Å². The van der Waals surface area contributed by atoms with Gasteiger partial charge in [0.1, 0.15) is 48.5 Å². The molecule has 8 N–H and O–H groups in total. The molecule has 6 rings (SSSR count). The molecule has 6 aliphatic rings. The van der Waals surface area contributed by atoms with Crippen LogP contribution in [0, 0.1) is 45.3 Å². The SMILES string of the molecule is CC(C)=CCC[C@](C)(O)[C@H]1C(=O)C[C@]2(C)[C@@H]1CC[C@@H]1[C@@]3(CO)CCC(O[C@H]4O[C@H](CO[C@@H]5OC[C@H](O)[C@H](O)[C@H]5O)[C@@H](O)[C@H](O)[C@H]4O)C(C)(C)[C@@H]3CC[C@]12C. The van der Waals surface area contributed by atoms with E-state index < -0.39 is 83.8 Å². The first-order valence-electron chi connectivity index (χ1n) is 20.3. The highest BCUT2D eigenvalue weighted by molar-refractivity contribution is 5.86. The summed E-state index contributed by atoms with van der Waals surface area (Å²) in [4.78, 5) is 14.0. The molecule has 4 aliphatic carbocycles. The third-order valence-electron chi connectivity index (χ3n) is 15.9. The number of ether oxygens (including phenoxy) is 4. The van der Waals surface area contributed by atoms with E-state index in [1.165, 1.54) is 5.57 Å². The van der Waals surface area contributed by atoms with Gasteiger partial charge in [-0.2, -0.15) is 0 Å². The summed E-state index contributed by atoms with van der Waals surface area (Å²) in [5.74, 6) is -0.0243. The molecular weight excluding hydrogens is 700 g/mol. The van der Waals surface area contributed by atoms with Crippen molar-refractivity contribution in [3.05, 3.63) is 11.6 Å². The van der Waals surface area contributed by atoms with Crippen LogP contribution in [0.5, 0.6) is 0 Å². The van der Waals surface area contributed by atoms with E-state index in [-0.39, 0.29) is 54.2 Å². The van der Waals surface area contributed by atoms with E-state index in [0.29, 0.717) is 25.7 Å². The molecule has 0 amide bonds. The minimum absolute atomic E-state index is 0.000298. The molecule has 13 nitrogen and oxygen atoms in total. The summed E-state index contributed by atoms with van der Waals surface area (Å²) in [6, 6.07) is 0. The number of hydrogen-bond donors (Lipinski definition) is 8. The fraction of sp³-hybridized carbons (Fsp3) is 0.927. The van der Waals surface area contributed by atoms with Crippen molar-refractivity contribution < 1.29 is 64.6 Å². The number of ketones is 1. The molecule has 310 valence electrons. The monoisotopic (exact) mass is 768 g/mol. The molecule has 13 heteroatoms. The van der Waals surface area contributed by atoms with E-state index in [4.69, 9.17) is 18.9 Å². The summed E-state index contributed by atoms with van der Waals surface area (Å²) in [6.45, 7) is 14.2. The van der Waals surface area contributed by atoms with Crippen LogP contribution in [-0.4, -0.2) is 133 Å². The highest BCUT2D eigenvalue weighted by Gasteiger charge is 2.72. The summed E-state index contributed by atoms with van der Waals surface area (Å²) in [6.07, 6.45) is -4.94. The first kappa shape index (κ1) is 42.5. The van der Waals surface area contributed by atoms with E-state index in [0.717, 1.165) is 32.1 Å². The molecule has 0 aromatic rings. The van der Waals surface area contributed by atoms with Gasteiger partial charge in [0.05, 0.1) is 24.9 Å². The molecule has 2 heterocycles. The van der Waals surface area contributed by atoms with Crippen molar-refractivity contribution in [2.75, 3.05) is 19.8 Å². The van der Waals surface area contributed by atoms with Gasteiger partial charge < -0.3 is 59.8 Å². The van der Waals surface area contributed by atoms with Gasteiger partial charge in [0.25, 0.3) is 0 Å². The molecule has 0 spiro atoms. The molecule has 18 atom stereocenters. The Kier molecular flexibility index (Phi) is 12.0. The van der Waals surface area contributed by atoms with Crippen LogP contribution in [0.2, 0.25) is 0 Å². The molecule has 4 saturated carbocycles. The largest absolute Gasteiger partial charge is 0.396 e. The van der Waals surface area contributed by atoms with Gasteiger partial charge in [-0.25, -0.2) is 0 Å². The Labute approximate surface area is 320 Å². The fourth-order valence-corrected chi connectivity index (χ4v) is 12.8. The molecule has 2 aliphatic heterocycles. The van der Waals surface area contributed by atoms with E-state index in [1.54, 1.807) is 0 Å². The lowest BCUT2D eigenvalue weighted by Crippen LogP contribution is -2.67. The average molecular weight is 769 g/mol. The van der Waals surface area contributed by atoms with Gasteiger partial charge in [0, 0.05) is 24.4 Å². The van der Waals surface area contributed by atoms with Crippen LogP contribution in [0.4, 0.5) is 0 Å². The number of rotatable bonds is 10. The number of aliphatic hydroxyl groups excluding tert-OH is 7. The summed E-state index contributed by atoms with van der Waals surface area (Å²) in [5.41, 5.74) is -1.41. The van der Waals surface area contributed by atoms with Gasteiger partial charge in [-0.3, -0.25) is 4.79 Å². The second-order valence-electron chi connectivity index (χ2n) is 19.4. The number of hydrogen-bond acceptors (Lipinski definition) is 13. The van der Waals surface area contributed by atoms with E-state index in [9.17, 15) is 45.6 Å². The summed E-state index contributed by atoms with van der Waals surface area (Å²) in [5, 5.41) is 86.0. The van der Waals surface area contributed by atoms with Gasteiger partial charge >= 0.3 is 0 Å². The molecule has 2 saturated heterocycles. The standard InChI is InChI=1S/C41H68O13/c1-21(2)9-8-14-40(7,50)29-22-10-11-27-38(5,39(22,6)17-23(29)43)15-12-26-37(3,4)28(13-16-41(26,27)20-42)54-36-34(49)32(47)31(46)25(53-36)19-52-35-33(48)30(45)24(44)18-51-35/h9,22,24-36,42,44-50H,8,10-20H2,1-7H3/t22-,24+,25-,26+,27+,28?,29-,30+,31-,32+,33-,34-,35+,36-,38-,39-,40+,41-/m1/s1. The number of Topliss-reactive ketones (excluding diaryl/α,β-unsaturated/α-hetero) is 1. The van der Waals surface area contributed by atoms with Crippen molar-refractivity contribution in [2.45, 2.75) is 173 Å². The molecule has 6 fully saturated rings. The second kappa shape index (κ2) is 15.3. The van der Waals surface area contributed by atoms with Gasteiger partial charge in [-0.05, 0) is 106 Å². The van der Waals surface area contributed by atoms with Crippen molar-refractivity contribution in [1.29, 1.82) is 0 Å². The van der Waals surface area contributed by atoms with E-state index >= 15 is 0 Å². The van der Waals surface area contributed by atoms with Crippen LogP contribution in [-0.2, 0) is 23.7 Å². The number of aliphatic hydroxyl groups is 8. The van der Waals surface area contributed by atoms with Crippen LogP contribution in [0.25, 0.3) is 0 Å². The Morgan fingerprint density at radius 3 is 2.22 bits per heavy atom. The van der Waals surface area contributed by atoms with E-state index in [2.05, 4.69) is 33.8 Å². The Morgan fingerprint density at radius 2 is 1.56 bits per heavy atom. The Morgan fingerprint density at radius 1 is 0.870 bits per heavy atom. The lowest BCUT2D eigenvalue weighted by atomic mass is 9.35. The predicted octanol–water partition coefficient (Wildman–Crippen LogP) is 1.97.